The maximum atomic E-state index is 12.4. The highest BCUT2D eigenvalue weighted by molar-refractivity contribution is 9.10. The van der Waals surface area contributed by atoms with E-state index in [0.29, 0.717) is 0 Å². The number of nitrogens with zero attached hydrogens (tertiary/aromatic N) is 1. The van der Waals surface area contributed by atoms with Crippen molar-refractivity contribution in [2.75, 3.05) is 13.7 Å². The lowest BCUT2D eigenvalue weighted by Crippen LogP contribution is -2.36. The Morgan fingerprint density at radius 1 is 1.38 bits per heavy atom. The summed E-state index contributed by atoms with van der Waals surface area (Å²) in [6.45, 7) is 6.38. The standard InChI is InChI=1S/C16H22BrNO3/c1-16(2,3)21-15(19)18-9-5-6-14(18)12-10-11(20-4)7-8-13(12)17/h7-8,10,14H,5-6,9H2,1-4H3/t14-/m1/s1. The van der Waals surface area contributed by atoms with Gasteiger partial charge in [0.2, 0.25) is 0 Å². The first-order valence-electron chi connectivity index (χ1n) is 7.15. The van der Waals surface area contributed by atoms with E-state index in [4.69, 9.17) is 9.47 Å². The second-order valence-corrected chi connectivity index (χ2v) is 7.07. The molecule has 1 atom stereocenters. The third kappa shape index (κ3) is 3.90. The van der Waals surface area contributed by atoms with Crippen LogP contribution in [0.2, 0.25) is 0 Å². The lowest BCUT2D eigenvalue weighted by molar-refractivity contribution is 0.0224. The number of carbonyl (C=O) groups is 1. The number of hydrogen-bond donors (Lipinski definition) is 0. The predicted octanol–water partition coefficient (Wildman–Crippen LogP) is 4.53. The third-order valence-corrected chi connectivity index (χ3v) is 4.17. The first-order valence-corrected chi connectivity index (χ1v) is 7.94. The highest BCUT2D eigenvalue weighted by atomic mass is 79.9. The van der Waals surface area contributed by atoms with Gasteiger partial charge in [0, 0.05) is 11.0 Å². The van der Waals surface area contributed by atoms with Crippen molar-refractivity contribution in [3.05, 3.63) is 28.2 Å². The summed E-state index contributed by atoms with van der Waals surface area (Å²) in [4.78, 5) is 14.2. The minimum atomic E-state index is -0.476. The van der Waals surface area contributed by atoms with Gasteiger partial charge >= 0.3 is 6.09 Å². The molecule has 1 fully saturated rings. The Labute approximate surface area is 134 Å². The van der Waals surface area contributed by atoms with Crippen LogP contribution in [0.1, 0.15) is 45.2 Å². The second-order valence-electron chi connectivity index (χ2n) is 6.22. The highest BCUT2D eigenvalue weighted by Gasteiger charge is 2.34. The molecule has 4 nitrogen and oxygen atoms in total. The number of carbonyl (C=O) groups excluding carboxylic acids is 1. The molecule has 21 heavy (non-hydrogen) atoms. The van der Waals surface area contributed by atoms with Crippen molar-refractivity contribution in [1.82, 2.24) is 4.90 Å². The summed E-state index contributed by atoms with van der Waals surface area (Å²) >= 11 is 3.57. The van der Waals surface area contributed by atoms with Crippen molar-refractivity contribution in [3.8, 4) is 5.75 Å². The molecule has 0 spiro atoms. The Hall–Kier alpha value is -1.23. The van der Waals surface area contributed by atoms with E-state index in [1.54, 1.807) is 7.11 Å². The average molecular weight is 356 g/mol. The summed E-state index contributed by atoms with van der Waals surface area (Å²) in [6.07, 6.45) is 1.66. The lowest BCUT2D eigenvalue weighted by atomic mass is 10.0. The van der Waals surface area contributed by atoms with E-state index in [2.05, 4.69) is 15.9 Å². The molecule has 1 heterocycles. The van der Waals surface area contributed by atoms with Crippen LogP contribution in [0.4, 0.5) is 4.79 Å². The van der Waals surface area contributed by atoms with E-state index in [-0.39, 0.29) is 12.1 Å². The van der Waals surface area contributed by atoms with Crippen molar-refractivity contribution in [1.29, 1.82) is 0 Å². The topological polar surface area (TPSA) is 38.8 Å². The van der Waals surface area contributed by atoms with Crippen LogP contribution in [0, 0.1) is 0 Å². The van der Waals surface area contributed by atoms with Gasteiger partial charge in [-0.25, -0.2) is 4.79 Å². The minimum absolute atomic E-state index is 0.0318. The Morgan fingerprint density at radius 3 is 2.71 bits per heavy atom. The fourth-order valence-electron chi connectivity index (χ4n) is 2.53. The predicted molar refractivity (Wildman–Crippen MR) is 85.6 cm³/mol. The number of likely N-dealkylation sites (tertiary alicyclic amines) is 1. The van der Waals surface area contributed by atoms with Crippen LogP contribution < -0.4 is 4.74 Å². The van der Waals surface area contributed by atoms with Crippen LogP contribution >= 0.6 is 15.9 Å². The summed E-state index contributed by atoms with van der Waals surface area (Å²) < 4.78 is 11.8. The first kappa shape index (κ1) is 16.1. The molecule has 2 rings (SSSR count). The molecule has 1 amide bonds. The van der Waals surface area contributed by atoms with Gasteiger partial charge in [0.15, 0.2) is 0 Å². The summed E-state index contributed by atoms with van der Waals surface area (Å²) in [5.74, 6) is 0.796. The molecule has 0 radical (unpaired) electrons. The normalized spacial score (nSPS) is 18.7. The molecule has 0 saturated carbocycles. The molecule has 0 unspecified atom stereocenters. The van der Waals surface area contributed by atoms with Gasteiger partial charge in [-0.15, -0.1) is 0 Å². The van der Waals surface area contributed by atoms with Gasteiger partial charge in [0.25, 0.3) is 0 Å². The maximum Gasteiger partial charge on any atom is 0.410 e. The van der Waals surface area contributed by atoms with Crippen LogP contribution in [-0.4, -0.2) is 30.2 Å². The minimum Gasteiger partial charge on any atom is -0.497 e. The molecule has 1 aliphatic heterocycles. The molecular formula is C16H22BrNO3. The van der Waals surface area contributed by atoms with Crippen molar-refractivity contribution < 1.29 is 14.3 Å². The summed E-state index contributed by atoms with van der Waals surface area (Å²) in [5.41, 5.74) is 0.591. The van der Waals surface area contributed by atoms with Gasteiger partial charge in [0.1, 0.15) is 11.4 Å². The Morgan fingerprint density at radius 2 is 2.10 bits per heavy atom. The van der Waals surface area contributed by atoms with E-state index in [1.807, 2.05) is 43.9 Å². The van der Waals surface area contributed by atoms with Crippen molar-refractivity contribution >= 4 is 22.0 Å². The molecule has 0 aromatic heterocycles. The van der Waals surface area contributed by atoms with Gasteiger partial charge < -0.3 is 14.4 Å². The van der Waals surface area contributed by atoms with Gasteiger partial charge in [-0.3, -0.25) is 0 Å². The number of benzene rings is 1. The van der Waals surface area contributed by atoms with Gasteiger partial charge in [-0.1, -0.05) is 15.9 Å². The fraction of sp³-hybridized carbons (Fsp3) is 0.562. The van der Waals surface area contributed by atoms with E-state index in [9.17, 15) is 4.79 Å². The maximum absolute atomic E-state index is 12.4. The first-order chi connectivity index (χ1) is 9.81. The molecule has 5 heteroatoms. The van der Waals surface area contributed by atoms with Crippen LogP contribution in [0.15, 0.2) is 22.7 Å². The zero-order valence-corrected chi connectivity index (χ0v) is 14.6. The number of rotatable bonds is 2. The monoisotopic (exact) mass is 355 g/mol. The second kappa shape index (κ2) is 6.26. The molecule has 1 aromatic carbocycles. The van der Waals surface area contributed by atoms with Gasteiger partial charge in [-0.05, 0) is 57.4 Å². The Kier molecular flexibility index (Phi) is 4.81. The number of halogens is 1. The van der Waals surface area contributed by atoms with E-state index >= 15 is 0 Å². The van der Waals surface area contributed by atoms with Gasteiger partial charge in [0.05, 0.1) is 13.2 Å². The largest absolute Gasteiger partial charge is 0.497 e. The Bertz CT molecular complexity index is 525. The SMILES string of the molecule is COc1ccc(Br)c([C@H]2CCCN2C(=O)OC(C)(C)C)c1. The van der Waals surface area contributed by atoms with Crippen LogP contribution in [0.3, 0.4) is 0 Å². The molecule has 0 bridgehead atoms. The van der Waals surface area contributed by atoms with Crippen molar-refractivity contribution in [2.24, 2.45) is 0 Å². The quantitative estimate of drug-likeness (QED) is 0.782. The molecule has 1 aliphatic rings. The number of ether oxygens (including phenoxy) is 2. The summed E-state index contributed by atoms with van der Waals surface area (Å²) in [5, 5.41) is 0. The van der Waals surface area contributed by atoms with Crippen LogP contribution in [-0.2, 0) is 4.74 Å². The Balaban J connectivity index is 2.24. The number of amides is 1. The highest BCUT2D eigenvalue weighted by Crippen LogP contribution is 2.38. The molecule has 116 valence electrons. The van der Waals surface area contributed by atoms with Crippen molar-refractivity contribution in [3.63, 3.8) is 0 Å². The molecule has 1 aromatic rings. The average Bonchev–Trinajstić information content (AvgIpc) is 2.86. The van der Waals surface area contributed by atoms with Crippen LogP contribution in [0.5, 0.6) is 5.75 Å². The molecule has 0 N–H and O–H groups in total. The van der Waals surface area contributed by atoms with Crippen LogP contribution in [0.25, 0.3) is 0 Å². The fourth-order valence-corrected chi connectivity index (χ4v) is 3.04. The van der Waals surface area contributed by atoms with E-state index in [0.717, 1.165) is 35.2 Å². The van der Waals surface area contributed by atoms with E-state index in [1.165, 1.54) is 0 Å². The molecule has 0 aliphatic carbocycles. The number of hydrogen-bond acceptors (Lipinski definition) is 3. The molecule has 1 saturated heterocycles. The smallest absolute Gasteiger partial charge is 0.410 e. The zero-order chi connectivity index (χ0) is 15.6. The van der Waals surface area contributed by atoms with Gasteiger partial charge in [-0.2, -0.15) is 0 Å². The summed E-state index contributed by atoms with van der Waals surface area (Å²) in [6, 6.07) is 5.88. The lowest BCUT2D eigenvalue weighted by Gasteiger charge is -2.29. The van der Waals surface area contributed by atoms with Crippen molar-refractivity contribution in [2.45, 2.75) is 45.3 Å². The number of methoxy groups -OCH3 is 1. The summed E-state index contributed by atoms with van der Waals surface area (Å²) in [7, 11) is 1.65. The third-order valence-electron chi connectivity index (χ3n) is 3.44. The molecular weight excluding hydrogens is 334 g/mol. The van der Waals surface area contributed by atoms with E-state index < -0.39 is 5.60 Å². The zero-order valence-electron chi connectivity index (χ0n) is 13.0.